The molecule has 1 fully saturated rings. The third-order valence-corrected chi connectivity index (χ3v) is 3.40. The second kappa shape index (κ2) is 6.05. The summed E-state index contributed by atoms with van der Waals surface area (Å²) in [6, 6.07) is 1.78. The first-order valence-corrected chi connectivity index (χ1v) is 6.93. The molecule has 0 radical (unpaired) electrons. The summed E-state index contributed by atoms with van der Waals surface area (Å²) < 4.78 is 10.6. The van der Waals surface area contributed by atoms with E-state index in [-0.39, 0.29) is 6.04 Å². The molecule has 8 heteroatoms. The van der Waals surface area contributed by atoms with Gasteiger partial charge in [0.1, 0.15) is 5.69 Å². The predicted octanol–water partition coefficient (Wildman–Crippen LogP) is 1.97. The van der Waals surface area contributed by atoms with E-state index < -0.39 is 0 Å². The fraction of sp³-hybridized carbons (Fsp3) is 0.417. The van der Waals surface area contributed by atoms with E-state index in [0.29, 0.717) is 40.5 Å². The molecular formula is C12H12Cl2N4O2. The maximum Gasteiger partial charge on any atom is 0.228 e. The minimum atomic E-state index is 0.186. The zero-order valence-corrected chi connectivity index (χ0v) is 12.0. The number of hydrogen-bond acceptors (Lipinski definition) is 6. The van der Waals surface area contributed by atoms with Gasteiger partial charge >= 0.3 is 0 Å². The lowest BCUT2D eigenvalue weighted by Gasteiger charge is -2.22. The van der Waals surface area contributed by atoms with Crippen molar-refractivity contribution in [1.29, 1.82) is 0 Å². The Kier molecular flexibility index (Phi) is 4.16. The van der Waals surface area contributed by atoms with Gasteiger partial charge in [-0.1, -0.05) is 28.4 Å². The van der Waals surface area contributed by atoms with Gasteiger partial charge in [-0.25, -0.2) is 4.98 Å². The lowest BCUT2D eigenvalue weighted by atomic mass is 10.2. The summed E-state index contributed by atoms with van der Waals surface area (Å²) in [6.45, 7) is 2.20. The topological polar surface area (TPSA) is 73.1 Å². The molecule has 6 nitrogen and oxygen atoms in total. The molecule has 1 aliphatic heterocycles. The minimum Gasteiger partial charge on any atom is -0.378 e. The van der Waals surface area contributed by atoms with Crippen molar-refractivity contribution in [2.75, 3.05) is 19.8 Å². The van der Waals surface area contributed by atoms with E-state index >= 15 is 0 Å². The zero-order chi connectivity index (χ0) is 13.9. The molecule has 0 saturated carbocycles. The number of ether oxygens (including phenoxy) is 1. The molecule has 3 heterocycles. The molecule has 0 bridgehead atoms. The van der Waals surface area contributed by atoms with Gasteiger partial charge in [-0.05, 0) is 6.07 Å². The molecule has 0 spiro atoms. The molecule has 0 amide bonds. The zero-order valence-electron chi connectivity index (χ0n) is 10.5. The molecule has 20 heavy (non-hydrogen) atoms. The molecule has 0 aliphatic carbocycles. The Bertz CT molecular complexity index is 599. The summed E-state index contributed by atoms with van der Waals surface area (Å²) >= 11 is 11.9. The lowest BCUT2D eigenvalue weighted by Crippen LogP contribution is -2.42. The van der Waals surface area contributed by atoms with E-state index in [0.717, 1.165) is 13.2 Å². The Morgan fingerprint density at radius 2 is 2.30 bits per heavy atom. The van der Waals surface area contributed by atoms with Crippen LogP contribution in [0.5, 0.6) is 0 Å². The van der Waals surface area contributed by atoms with Crippen molar-refractivity contribution in [3.05, 3.63) is 28.2 Å². The first-order valence-electron chi connectivity index (χ1n) is 6.17. The average Bonchev–Trinajstić information content (AvgIpc) is 2.88. The molecule has 2 aromatic rings. The van der Waals surface area contributed by atoms with E-state index in [1.807, 2.05) is 0 Å². The number of halogens is 2. The van der Waals surface area contributed by atoms with E-state index in [1.54, 1.807) is 6.07 Å². The van der Waals surface area contributed by atoms with Crippen LogP contribution in [0.25, 0.3) is 11.5 Å². The van der Waals surface area contributed by atoms with Crippen LogP contribution in [0.1, 0.15) is 5.89 Å². The van der Waals surface area contributed by atoms with Gasteiger partial charge in [0.25, 0.3) is 0 Å². The Balaban J connectivity index is 1.75. The number of rotatable bonds is 3. The first kappa shape index (κ1) is 13.8. The van der Waals surface area contributed by atoms with Crippen LogP contribution in [0.4, 0.5) is 0 Å². The highest BCUT2D eigenvalue weighted by Gasteiger charge is 2.19. The van der Waals surface area contributed by atoms with E-state index in [4.69, 9.17) is 32.5 Å². The third-order valence-electron chi connectivity index (χ3n) is 2.91. The number of aromatic nitrogens is 3. The molecule has 1 aliphatic rings. The third kappa shape index (κ3) is 3.09. The van der Waals surface area contributed by atoms with Crippen LogP contribution in [0, 0.1) is 0 Å². The van der Waals surface area contributed by atoms with Crippen LogP contribution >= 0.6 is 23.2 Å². The van der Waals surface area contributed by atoms with Gasteiger partial charge in [-0.2, -0.15) is 4.98 Å². The summed E-state index contributed by atoms with van der Waals surface area (Å²) in [7, 11) is 0. The Labute approximate surface area is 125 Å². The van der Waals surface area contributed by atoms with Crippen LogP contribution < -0.4 is 5.32 Å². The minimum absolute atomic E-state index is 0.186. The molecule has 2 aromatic heterocycles. The van der Waals surface area contributed by atoms with Crippen LogP contribution in [0.2, 0.25) is 10.0 Å². The Morgan fingerprint density at radius 3 is 3.05 bits per heavy atom. The normalized spacial score (nSPS) is 19.2. The van der Waals surface area contributed by atoms with Gasteiger partial charge < -0.3 is 14.6 Å². The van der Waals surface area contributed by atoms with Gasteiger partial charge in [0.15, 0.2) is 0 Å². The monoisotopic (exact) mass is 314 g/mol. The Morgan fingerprint density at radius 1 is 1.40 bits per heavy atom. The van der Waals surface area contributed by atoms with E-state index in [9.17, 15) is 0 Å². The van der Waals surface area contributed by atoms with Crippen LogP contribution in [-0.2, 0) is 11.2 Å². The van der Waals surface area contributed by atoms with Gasteiger partial charge in [0.2, 0.25) is 11.7 Å². The average molecular weight is 315 g/mol. The largest absolute Gasteiger partial charge is 0.378 e. The predicted molar refractivity (Wildman–Crippen MR) is 73.9 cm³/mol. The second-order valence-electron chi connectivity index (χ2n) is 4.43. The SMILES string of the molecule is Clc1cnc(-c2noc(CC3COCCN3)n2)c(Cl)c1. The van der Waals surface area contributed by atoms with Crippen LogP contribution in [0.15, 0.2) is 16.8 Å². The van der Waals surface area contributed by atoms with Crippen molar-refractivity contribution in [3.63, 3.8) is 0 Å². The fourth-order valence-electron chi connectivity index (χ4n) is 1.97. The highest BCUT2D eigenvalue weighted by molar-refractivity contribution is 6.35. The molecule has 1 unspecified atom stereocenters. The van der Waals surface area contributed by atoms with Crippen molar-refractivity contribution < 1.29 is 9.26 Å². The van der Waals surface area contributed by atoms with Gasteiger partial charge in [-0.15, -0.1) is 0 Å². The highest BCUT2D eigenvalue weighted by atomic mass is 35.5. The highest BCUT2D eigenvalue weighted by Crippen LogP contribution is 2.25. The number of pyridine rings is 1. The van der Waals surface area contributed by atoms with Crippen molar-refractivity contribution in [3.8, 4) is 11.5 Å². The molecule has 106 valence electrons. The molecule has 3 rings (SSSR count). The van der Waals surface area contributed by atoms with Crippen molar-refractivity contribution in [2.45, 2.75) is 12.5 Å². The summed E-state index contributed by atoms with van der Waals surface area (Å²) in [4.78, 5) is 8.42. The number of nitrogens with zero attached hydrogens (tertiary/aromatic N) is 3. The maximum atomic E-state index is 6.06. The van der Waals surface area contributed by atoms with Crippen LogP contribution in [-0.4, -0.2) is 40.9 Å². The smallest absolute Gasteiger partial charge is 0.228 e. The van der Waals surface area contributed by atoms with Crippen molar-refractivity contribution in [1.82, 2.24) is 20.4 Å². The number of nitrogens with one attached hydrogen (secondary N) is 1. The van der Waals surface area contributed by atoms with Gasteiger partial charge in [-0.3, -0.25) is 0 Å². The first-order chi connectivity index (χ1) is 9.72. The number of morpholine rings is 1. The molecular weight excluding hydrogens is 303 g/mol. The van der Waals surface area contributed by atoms with Gasteiger partial charge in [0, 0.05) is 25.2 Å². The standard InChI is InChI=1S/C12H12Cl2N4O2/c13-7-3-9(14)11(16-5-7)12-17-10(20-18-12)4-8-6-19-2-1-15-8/h3,5,8,15H,1-2,4,6H2. The quantitative estimate of drug-likeness (QED) is 0.933. The number of hydrogen-bond donors (Lipinski definition) is 1. The van der Waals surface area contributed by atoms with Crippen molar-refractivity contribution >= 4 is 23.2 Å². The van der Waals surface area contributed by atoms with E-state index in [1.165, 1.54) is 6.20 Å². The van der Waals surface area contributed by atoms with Crippen molar-refractivity contribution in [2.24, 2.45) is 0 Å². The molecule has 1 N–H and O–H groups in total. The molecule has 0 aromatic carbocycles. The molecule has 1 saturated heterocycles. The summed E-state index contributed by atoms with van der Waals surface area (Å²) in [5, 5.41) is 8.08. The summed E-state index contributed by atoms with van der Waals surface area (Å²) in [5.41, 5.74) is 0.457. The molecule has 1 atom stereocenters. The second-order valence-corrected chi connectivity index (χ2v) is 5.27. The fourth-order valence-corrected chi connectivity index (χ4v) is 2.44. The lowest BCUT2D eigenvalue weighted by molar-refractivity contribution is 0.0744. The summed E-state index contributed by atoms with van der Waals surface area (Å²) in [6.07, 6.45) is 2.10. The van der Waals surface area contributed by atoms with Crippen LogP contribution in [0.3, 0.4) is 0 Å². The van der Waals surface area contributed by atoms with Gasteiger partial charge in [0.05, 0.1) is 23.3 Å². The summed E-state index contributed by atoms with van der Waals surface area (Å²) in [5.74, 6) is 0.884. The Hall–Kier alpha value is -1.21. The van der Waals surface area contributed by atoms with E-state index in [2.05, 4.69) is 20.4 Å². The maximum absolute atomic E-state index is 6.06.